The Morgan fingerprint density at radius 3 is 2.47 bits per heavy atom. The standard InChI is InChI=1S/C22H21N3O5/c1-14-9-11-18(29-3)17(13-14)23-21(27)20(15-7-5-4-6-8-15)30-22(28)16-10-12-19(26)25(2)24-16/h4-13,20H,1-3H3,(H,23,27). The van der Waals surface area contributed by atoms with Gasteiger partial charge in [-0.1, -0.05) is 36.4 Å². The lowest BCUT2D eigenvalue weighted by atomic mass is 10.1. The van der Waals surface area contributed by atoms with Gasteiger partial charge < -0.3 is 14.8 Å². The Hall–Kier alpha value is -3.94. The lowest BCUT2D eigenvalue weighted by molar-refractivity contribution is -0.125. The van der Waals surface area contributed by atoms with Crippen molar-refractivity contribution in [2.75, 3.05) is 12.4 Å². The Labute approximate surface area is 173 Å². The molecule has 1 amide bonds. The molecule has 1 atom stereocenters. The molecule has 0 saturated heterocycles. The molecule has 1 N–H and O–H groups in total. The van der Waals surface area contributed by atoms with Crippen LogP contribution in [0.1, 0.15) is 27.7 Å². The van der Waals surface area contributed by atoms with E-state index < -0.39 is 18.0 Å². The summed E-state index contributed by atoms with van der Waals surface area (Å²) >= 11 is 0. The fourth-order valence-electron chi connectivity index (χ4n) is 2.80. The van der Waals surface area contributed by atoms with Crippen molar-refractivity contribution in [3.05, 3.63) is 87.8 Å². The maximum absolute atomic E-state index is 13.1. The van der Waals surface area contributed by atoms with Crippen molar-refractivity contribution in [1.82, 2.24) is 9.78 Å². The van der Waals surface area contributed by atoms with E-state index in [-0.39, 0.29) is 11.3 Å². The zero-order chi connectivity index (χ0) is 21.7. The van der Waals surface area contributed by atoms with E-state index in [1.54, 1.807) is 42.5 Å². The second-order valence-electron chi connectivity index (χ2n) is 6.57. The van der Waals surface area contributed by atoms with Crippen molar-refractivity contribution < 1.29 is 19.1 Å². The number of nitrogens with one attached hydrogen (secondary N) is 1. The Kier molecular flexibility index (Phi) is 6.26. The van der Waals surface area contributed by atoms with Crippen LogP contribution in [0.4, 0.5) is 5.69 Å². The van der Waals surface area contributed by atoms with Crippen LogP contribution in [-0.4, -0.2) is 28.8 Å². The molecule has 154 valence electrons. The molecule has 0 saturated carbocycles. The minimum Gasteiger partial charge on any atom is -0.495 e. The van der Waals surface area contributed by atoms with E-state index in [1.165, 1.54) is 26.3 Å². The first-order chi connectivity index (χ1) is 14.4. The largest absolute Gasteiger partial charge is 0.495 e. The highest BCUT2D eigenvalue weighted by Gasteiger charge is 2.27. The lowest BCUT2D eigenvalue weighted by Gasteiger charge is -2.19. The number of carbonyl (C=O) groups is 2. The summed E-state index contributed by atoms with van der Waals surface area (Å²) in [7, 11) is 2.92. The minimum atomic E-state index is -1.23. The molecule has 30 heavy (non-hydrogen) atoms. The van der Waals surface area contributed by atoms with Gasteiger partial charge in [0.05, 0.1) is 12.8 Å². The Balaban J connectivity index is 1.90. The predicted octanol–water partition coefficient (Wildman–Crippen LogP) is 2.63. The third-order valence-electron chi connectivity index (χ3n) is 4.35. The van der Waals surface area contributed by atoms with Crippen LogP contribution in [0.3, 0.4) is 0 Å². The molecule has 3 rings (SSSR count). The van der Waals surface area contributed by atoms with Crippen LogP contribution in [-0.2, 0) is 16.6 Å². The minimum absolute atomic E-state index is 0.0843. The van der Waals surface area contributed by atoms with Crippen molar-refractivity contribution in [3.8, 4) is 5.75 Å². The molecule has 0 aliphatic heterocycles. The smallest absolute Gasteiger partial charge is 0.359 e. The van der Waals surface area contributed by atoms with Crippen molar-refractivity contribution in [1.29, 1.82) is 0 Å². The van der Waals surface area contributed by atoms with Gasteiger partial charge in [-0.05, 0) is 30.7 Å². The number of rotatable bonds is 6. The Bertz CT molecular complexity index is 1130. The van der Waals surface area contributed by atoms with Gasteiger partial charge >= 0.3 is 5.97 Å². The van der Waals surface area contributed by atoms with Gasteiger partial charge in [0.15, 0.2) is 5.69 Å². The van der Waals surface area contributed by atoms with Crippen LogP contribution in [0.5, 0.6) is 5.75 Å². The maximum atomic E-state index is 13.1. The maximum Gasteiger partial charge on any atom is 0.359 e. The first-order valence-corrected chi connectivity index (χ1v) is 9.15. The quantitative estimate of drug-likeness (QED) is 0.631. The first-order valence-electron chi connectivity index (χ1n) is 9.15. The van der Waals surface area contributed by atoms with Gasteiger partial charge in [-0.3, -0.25) is 9.59 Å². The molecule has 1 unspecified atom stereocenters. The average Bonchev–Trinajstić information content (AvgIpc) is 2.74. The van der Waals surface area contributed by atoms with E-state index >= 15 is 0 Å². The second kappa shape index (κ2) is 9.04. The van der Waals surface area contributed by atoms with E-state index in [2.05, 4.69) is 10.4 Å². The molecular weight excluding hydrogens is 386 g/mol. The highest BCUT2D eigenvalue weighted by atomic mass is 16.5. The molecule has 8 heteroatoms. The number of hydrogen-bond donors (Lipinski definition) is 1. The molecule has 0 radical (unpaired) electrons. The molecule has 3 aromatic rings. The number of carbonyl (C=O) groups excluding carboxylic acids is 2. The fourth-order valence-corrected chi connectivity index (χ4v) is 2.80. The molecule has 1 heterocycles. The second-order valence-corrected chi connectivity index (χ2v) is 6.57. The summed E-state index contributed by atoms with van der Waals surface area (Å²) in [5.74, 6) is -0.902. The highest BCUT2D eigenvalue weighted by Crippen LogP contribution is 2.28. The summed E-state index contributed by atoms with van der Waals surface area (Å²) in [5, 5.41) is 6.64. The number of hydrogen-bond acceptors (Lipinski definition) is 6. The molecule has 0 bridgehead atoms. The van der Waals surface area contributed by atoms with Crippen LogP contribution in [0.2, 0.25) is 0 Å². The molecular formula is C22H21N3O5. The third kappa shape index (κ3) is 4.72. The van der Waals surface area contributed by atoms with Gasteiger partial charge in [-0.15, -0.1) is 0 Å². The van der Waals surface area contributed by atoms with Crippen LogP contribution >= 0.6 is 0 Å². The topological polar surface area (TPSA) is 99.5 Å². The van der Waals surface area contributed by atoms with Gasteiger partial charge in [0.25, 0.3) is 11.5 Å². The number of ether oxygens (including phenoxy) is 2. The summed E-state index contributed by atoms with van der Waals surface area (Å²) in [6.45, 7) is 1.88. The molecule has 8 nitrogen and oxygen atoms in total. The van der Waals surface area contributed by atoms with E-state index in [9.17, 15) is 14.4 Å². The third-order valence-corrected chi connectivity index (χ3v) is 4.35. The van der Waals surface area contributed by atoms with Gasteiger partial charge in [0.1, 0.15) is 5.75 Å². The van der Waals surface area contributed by atoms with Crippen molar-refractivity contribution in [2.45, 2.75) is 13.0 Å². The van der Waals surface area contributed by atoms with Gasteiger partial charge in [0, 0.05) is 18.7 Å². The number of amides is 1. The molecule has 0 fully saturated rings. The van der Waals surface area contributed by atoms with Crippen LogP contribution in [0, 0.1) is 6.92 Å². The molecule has 2 aromatic carbocycles. The number of methoxy groups -OCH3 is 1. The van der Waals surface area contributed by atoms with E-state index in [0.717, 1.165) is 10.2 Å². The van der Waals surface area contributed by atoms with Crippen molar-refractivity contribution in [3.63, 3.8) is 0 Å². The summed E-state index contributed by atoms with van der Waals surface area (Å²) in [5.41, 5.74) is 1.42. The summed E-state index contributed by atoms with van der Waals surface area (Å²) in [6, 6.07) is 16.4. The predicted molar refractivity (Wildman–Crippen MR) is 110 cm³/mol. The Morgan fingerprint density at radius 2 is 1.80 bits per heavy atom. The van der Waals surface area contributed by atoms with Crippen molar-refractivity contribution >= 4 is 17.6 Å². The van der Waals surface area contributed by atoms with Gasteiger partial charge in [0.2, 0.25) is 6.10 Å². The Morgan fingerprint density at radius 1 is 1.07 bits per heavy atom. The summed E-state index contributed by atoms with van der Waals surface area (Å²) < 4.78 is 11.8. The zero-order valence-electron chi connectivity index (χ0n) is 16.8. The lowest BCUT2D eigenvalue weighted by Crippen LogP contribution is -2.28. The average molecular weight is 407 g/mol. The van der Waals surface area contributed by atoms with Crippen LogP contribution in [0.25, 0.3) is 0 Å². The highest BCUT2D eigenvalue weighted by molar-refractivity contribution is 5.98. The first kappa shape index (κ1) is 20.8. The number of nitrogens with zero attached hydrogens (tertiary/aromatic N) is 2. The van der Waals surface area contributed by atoms with Crippen LogP contribution in [0.15, 0.2) is 65.5 Å². The number of aryl methyl sites for hydroxylation is 2. The number of aromatic nitrogens is 2. The molecule has 0 aliphatic carbocycles. The van der Waals surface area contributed by atoms with Gasteiger partial charge in [-0.2, -0.15) is 5.10 Å². The summed E-state index contributed by atoms with van der Waals surface area (Å²) in [6.07, 6.45) is -1.23. The van der Waals surface area contributed by atoms with E-state index in [0.29, 0.717) is 17.0 Å². The molecule has 0 aliphatic rings. The normalized spacial score (nSPS) is 11.4. The monoisotopic (exact) mass is 407 g/mol. The van der Waals surface area contributed by atoms with E-state index in [1.807, 2.05) is 13.0 Å². The number of anilines is 1. The number of esters is 1. The van der Waals surface area contributed by atoms with E-state index in [4.69, 9.17) is 9.47 Å². The van der Waals surface area contributed by atoms with Crippen LogP contribution < -0.4 is 15.6 Å². The van der Waals surface area contributed by atoms with Gasteiger partial charge in [-0.25, -0.2) is 9.48 Å². The summed E-state index contributed by atoms with van der Waals surface area (Å²) in [4.78, 5) is 37.2. The fraction of sp³-hybridized carbons (Fsp3) is 0.182. The molecule has 0 spiro atoms. The van der Waals surface area contributed by atoms with Crippen molar-refractivity contribution in [2.24, 2.45) is 7.05 Å². The molecule has 1 aromatic heterocycles. The zero-order valence-corrected chi connectivity index (χ0v) is 16.8. The number of benzene rings is 2. The SMILES string of the molecule is COc1ccc(C)cc1NC(=O)C(OC(=O)c1ccc(=O)n(C)n1)c1ccccc1.